The van der Waals surface area contributed by atoms with Crippen molar-refractivity contribution in [3.63, 3.8) is 0 Å². The molecule has 2 saturated carbocycles. The van der Waals surface area contributed by atoms with Gasteiger partial charge in [-0.2, -0.15) is 9.61 Å². The van der Waals surface area contributed by atoms with Crippen LogP contribution in [0.15, 0.2) is 36.3 Å². The number of halogens is 1. The fourth-order valence-corrected chi connectivity index (χ4v) is 3.92. The van der Waals surface area contributed by atoms with Gasteiger partial charge in [0.05, 0.1) is 17.9 Å². The zero-order chi connectivity index (χ0) is 24.2. The summed E-state index contributed by atoms with van der Waals surface area (Å²) in [5.41, 5.74) is 0.754. The van der Waals surface area contributed by atoms with E-state index in [-0.39, 0.29) is 16.9 Å². The molecule has 4 rings (SSSR count). The Hall–Kier alpha value is -3.76. The minimum atomic E-state index is -1.02. The zero-order valence-corrected chi connectivity index (χ0v) is 19.1. The van der Waals surface area contributed by atoms with Crippen molar-refractivity contribution >= 4 is 35.3 Å². The summed E-state index contributed by atoms with van der Waals surface area (Å²) in [5, 5.41) is 12.8. The van der Waals surface area contributed by atoms with E-state index in [1.807, 2.05) is 18.1 Å². The van der Waals surface area contributed by atoms with Crippen LogP contribution in [0.5, 0.6) is 0 Å². The Morgan fingerprint density at radius 1 is 1.32 bits per heavy atom. The van der Waals surface area contributed by atoms with Crippen molar-refractivity contribution < 1.29 is 18.8 Å². The van der Waals surface area contributed by atoms with Gasteiger partial charge in [-0.15, -0.1) is 0 Å². The smallest absolute Gasteiger partial charge is 0.257 e. The lowest BCUT2D eigenvalue weighted by molar-refractivity contribution is -0.121. The van der Waals surface area contributed by atoms with Gasteiger partial charge in [-0.3, -0.25) is 14.4 Å². The lowest BCUT2D eigenvalue weighted by Crippen LogP contribution is -2.31. The van der Waals surface area contributed by atoms with E-state index in [1.54, 1.807) is 25.3 Å². The van der Waals surface area contributed by atoms with Crippen LogP contribution in [0.2, 0.25) is 0 Å². The summed E-state index contributed by atoms with van der Waals surface area (Å²) in [7, 11) is 3.65. The average molecular weight is 470 g/mol. The largest absolute Gasteiger partial charge is 0.377 e. The first-order valence-electron chi connectivity index (χ1n) is 11.3. The molecule has 1 amide bonds. The van der Waals surface area contributed by atoms with E-state index in [2.05, 4.69) is 26.0 Å². The van der Waals surface area contributed by atoms with Gasteiger partial charge < -0.3 is 20.9 Å². The first kappa shape index (κ1) is 23.4. The molecule has 2 unspecified atom stereocenters. The maximum Gasteiger partial charge on any atom is 0.257 e. The van der Waals surface area contributed by atoms with Crippen LogP contribution in [0.3, 0.4) is 0 Å². The van der Waals surface area contributed by atoms with E-state index >= 15 is 0 Å². The third-order valence-corrected chi connectivity index (χ3v) is 6.09. The number of aldehydes is 1. The fourth-order valence-electron chi connectivity index (χ4n) is 3.92. The molecule has 0 aromatic carbocycles. The number of carbonyl (C=O) groups excluding carboxylic acids is 3. The second kappa shape index (κ2) is 10.0. The van der Waals surface area contributed by atoms with Gasteiger partial charge >= 0.3 is 0 Å². The van der Waals surface area contributed by atoms with Crippen LogP contribution < -0.4 is 16.0 Å². The quantitative estimate of drug-likeness (QED) is 0.290. The molecule has 2 heterocycles. The highest BCUT2D eigenvalue weighted by atomic mass is 19.1. The second-order valence-electron chi connectivity index (χ2n) is 8.54. The number of ketones is 1. The Morgan fingerprint density at radius 3 is 2.71 bits per heavy atom. The van der Waals surface area contributed by atoms with Crippen molar-refractivity contribution in [3.8, 4) is 0 Å². The number of Topliss-reactive ketones (excluding diaryl/α,β-unsaturated/α-hetero) is 1. The second-order valence-corrected chi connectivity index (χ2v) is 8.54. The third-order valence-electron chi connectivity index (χ3n) is 6.09. The highest BCUT2D eigenvalue weighted by Gasteiger charge is 2.39. The van der Waals surface area contributed by atoms with E-state index in [4.69, 9.17) is 0 Å². The molecule has 2 fully saturated rings. The number of rotatable bonds is 9. The standard InChI is InChI=1S/C23H28FN7O3/c1-25-21-11-20(29-22-17(12-26-31(21)22)23(34)28-19-10-18(19)24)27-14(13-32)4-3-9-30(2)15-5-7-16(33)8-6-15/h3-4,9,11-13,15,18-19,25H,5-8,10H2,1-2H3,(H,27,29)(H,28,34)/b9-3-,14-4+. The summed E-state index contributed by atoms with van der Waals surface area (Å²) in [5.74, 6) is 0.749. The molecule has 2 aliphatic rings. The van der Waals surface area contributed by atoms with E-state index < -0.39 is 18.1 Å². The van der Waals surface area contributed by atoms with Gasteiger partial charge in [0.2, 0.25) is 0 Å². The maximum atomic E-state index is 13.2. The van der Waals surface area contributed by atoms with Crippen molar-refractivity contribution in [1.82, 2.24) is 24.8 Å². The predicted molar refractivity (Wildman–Crippen MR) is 125 cm³/mol. The SMILES string of the molecule is CNc1cc(N/C(C=O)=C/C=C\N(C)C2CCC(=O)CC2)nc2c(C(=O)NC3CC3F)cnn12. The number of carbonyl (C=O) groups is 3. The number of nitrogens with one attached hydrogen (secondary N) is 3. The lowest BCUT2D eigenvalue weighted by atomic mass is 9.94. The highest BCUT2D eigenvalue weighted by molar-refractivity contribution is 6.00. The third kappa shape index (κ3) is 5.24. The van der Waals surface area contributed by atoms with Crippen LogP contribution in [0, 0.1) is 0 Å². The van der Waals surface area contributed by atoms with Crippen LogP contribution in [-0.2, 0) is 9.59 Å². The predicted octanol–water partition coefficient (Wildman–Crippen LogP) is 2.06. The number of fused-ring (bicyclic) bond motifs is 1. The molecule has 2 aromatic rings. The molecule has 10 nitrogen and oxygen atoms in total. The number of aromatic nitrogens is 3. The number of alkyl halides is 1. The van der Waals surface area contributed by atoms with Crippen molar-refractivity contribution in [2.75, 3.05) is 24.7 Å². The summed E-state index contributed by atoms with van der Waals surface area (Å²) in [6.45, 7) is 0. The van der Waals surface area contributed by atoms with Crippen molar-refractivity contribution in [1.29, 1.82) is 0 Å². The normalized spacial score (nSPS) is 21.0. The molecular formula is C23H28FN7O3. The Balaban J connectivity index is 1.50. The molecule has 180 valence electrons. The van der Waals surface area contributed by atoms with E-state index in [9.17, 15) is 18.8 Å². The highest BCUT2D eigenvalue weighted by Crippen LogP contribution is 2.26. The number of hydrogen-bond acceptors (Lipinski definition) is 8. The van der Waals surface area contributed by atoms with E-state index in [1.165, 1.54) is 10.7 Å². The maximum absolute atomic E-state index is 13.2. The Labute approximate surface area is 196 Å². The Morgan fingerprint density at radius 2 is 2.06 bits per heavy atom. The van der Waals surface area contributed by atoms with Gasteiger partial charge in [-0.25, -0.2) is 9.37 Å². The summed E-state index contributed by atoms with van der Waals surface area (Å²) >= 11 is 0. The molecule has 2 atom stereocenters. The van der Waals surface area contributed by atoms with Crippen LogP contribution >= 0.6 is 0 Å². The lowest BCUT2D eigenvalue weighted by Gasteiger charge is -2.29. The molecule has 34 heavy (non-hydrogen) atoms. The summed E-state index contributed by atoms with van der Waals surface area (Å²) in [4.78, 5) is 42.1. The van der Waals surface area contributed by atoms with Gasteiger partial charge in [0.25, 0.3) is 5.91 Å². The molecule has 0 spiro atoms. The molecule has 2 aromatic heterocycles. The Bertz CT molecular complexity index is 1150. The van der Waals surface area contributed by atoms with Crippen LogP contribution in [0.1, 0.15) is 42.5 Å². The van der Waals surface area contributed by atoms with Crippen molar-refractivity contribution in [2.24, 2.45) is 0 Å². The van der Waals surface area contributed by atoms with Crippen LogP contribution in [-0.4, -0.2) is 69.8 Å². The molecule has 3 N–H and O–H groups in total. The van der Waals surface area contributed by atoms with Crippen LogP contribution in [0.25, 0.3) is 5.65 Å². The first-order chi connectivity index (χ1) is 16.4. The first-order valence-corrected chi connectivity index (χ1v) is 11.3. The number of hydrogen-bond donors (Lipinski definition) is 3. The number of allylic oxidation sites excluding steroid dienone is 3. The molecule has 0 bridgehead atoms. The molecule has 0 saturated heterocycles. The minimum absolute atomic E-state index is 0.211. The van der Waals surface area contributed by atoms with E-state index in [0.717, 1.165) is 12.8 Å². The average Bonchev–Trinajstić information content (AvgIpc) is 3.35. The zero-order valence-electron chi connectivity index (χ0n) is 19.1. The molecule has 2 aliphatic carbocycles. The Kier molecular flexibility index (Phi) is 6.90. The van der Waals surface area contributed by atoms with Gasteiger partial charge in [-0.1, -0.05) is 0 Å². The van der Waals surface area contributed by atoms with Gasteiger partial charge in [0.15, 0.2) is 11.9 Å². The number of anilines is 2. The molecule has 11 heteroatoms. The van der Waals surface area contributed by atoms with E-state index in [0.29, 0.717) is 49.0 Å². The van der Waals surface area contributed by atoms with Crippen molar-refractivity contribution in [3.05, 3.63) is 41.9 Å². The van der Waals surface area contributed by atoms with Gasteiger partial charge in [0, 0.05) is 45.5 Å². The number of nitrogens with zero attached hydrogens (tertiary/aromatic N) is 4. The summed E-state index contributed by atoms with van der Waals surface area (Å²) < 4.78 is 14.7. The van der Waals surface area contributed by atoms with Crippen molar-refractivity contribution in [2.45, 2.75) is 50.4 Å². The summed E-state index contributed by atoms with van der Waals surface area (Å²) in [6, 6.07) is 1.48. The number of amides is 1. The van der Waals surface area contributed by atoms with Crippen LogP contribution in [0.4, 0.5) is 16.0 Å². The van der Waals surface area contributed by atoms with Gasteiger partial charge in [-0.05, 0) is 31.2 Å². The summed E-state index contributed by atoms with van der Waals surface area (Å²) in [6.07, 6.45) is 9.46. The van der Waals surface area contributed by atoms with Gasteiger partial charge in [0.1, 0.15) is 29.2 Å². The molecular weight excluding hydrogens is 441 g/mol. The topological polar surface area (TPSA) is 121 Å². The molecule has 0 radical (unpaired) electrons. The fraction of sp³-hybridized carbons (Fsp3) is 0.435. The molecule has 0 aliphatic heterocycles. The minimum Gasteiger partial charge on any atom is -0.377 e. The monoisotopic (exact) mass is 469 g/mol.